The van der Waals surface area contributed by atoms with Gasteiger partial charge in [0, 0.05) is 38.1 Å². The maximum absolute atomic E-state index is 12.8. The molecular weight excluding hydrogens is 518 g/mol. The van der Waals surface area contributed by atoms with E-state index in [0.717, 1.165) is 51.4 Å². The second-order valence-electron chi connectivity index (χ2n) is 14.6. The number of hydrogen-bond donors (Lipinski definition) is 3. The molecule has 0 aromatic rings. The zero-order valence-electron chi connectivity index (χ0n) is 25.5. The summed E-state index contributed by atoms with van der Waals surface area (Å²) in [6, 6.07) is 0.115. The second kappa shape index (κ2) is 11.6. The van der Waals surface area contributed by atoms with Crippen molar-refractivity contribution in [3.63, 3.8) is 0 Å². The monoisotopic (exact) mass is 569 g/mol. The lowest BCUT2D eigenvalue weighted by Crippen LogP contribution is -2.63. The third kappa shape index (κ3) is 5.58. The van der Waals surface area contributed by atoms with Crippen molar-refractivity contribution in [3.8, 4) is 12.3 Å². The number of hydrogen-bond acceptors (Lipinski definition) is 7. The standard InChI is InChI=1S/C33H51N3O5/c1-6-7-14-33(35-36-33)16-13-28(39)34-22-12-15-31(3)21(17-22)18-26(37)30-24-10-9-23(20(2)8-11-29(40)41-5)32(24,4)27(38)19-25(30)31/h1,20-27,30,37-38H,7-19H2,2-5H3,(H,34,39)/t20-,21+,22-,23-,24+,25+,26-,27+,30+,31+,32-/m1/s1. The number of terminal acetylenes is 1. The Labute approximate surface area is 245 Å². The minimum absolute atomic E-state index is 0.0485. The molecule has 0 aromatic heterocycles. The highest BCUT2D eigenvalue weighted by atomic mass is 16.5. The first kappa shape index (κ1) is 30.5. The lowest BCUT2D eigenvalue weighted by atomic mass is 9.43. The van der Waals surface area contributed by atoms with Gasteiger partial charge in [0.15, 0.2) is 5.66 Å². The Morgan fingerprint density at radius 2 is 1.83 bits per heavy atom. The molecule has 8 heteroatoms. The van der Waals surface area contributed by atoms with Gasteiger partial charge in [-0.2, -0.15) is 10.2 Å². The van der Waals surface area contributed by atoms with Crippen LogP contribution >= 0.6 is 0 Å². The van der Waals surface area contributed by atoms with Crippen LogP contribution in [-0.2, 0) is 14.3 Å². The molecule has 0 radical (unpaired) electrons. The molecule has 8 nitrogen and oxygen atoms in total. The SMILES string of the molecule is C#CCCC1(CCC(=O)N[C@@H]2CC[C@@]3(C)[C@@H](C2)C[C@@H](O)[C@@H]2[C@@H]3C[C@H](O)[C@]3(C)[C@@H]([C@H](C)CCC(=O)OC)CC[C@@H]23)N=N1. The number of esters is 1. The highest BCUT2D eigenvalue weighted by molar-refractivity contribution is 5.76. The molecule has 0 bridgehead atoms. The van der Waals surface area contributed by atoms with Gasteiger partial charge in [-0.1, -0.05) is 20.8 Å². The van der Waals surface area contributed by atoms with E-state index in [-0.39, 0.29) is 52.6 Å². The lowest BCUT2D eigenvalue weighted by molar-refractivity contribution is -0.202. The van der Waals surface area contributed by atoms with Gasteiger partial charge in [0.2, 0.25) is 5.91 Å². The van der Waals surface area contributed by atoms with Crippen LogP contribution in [0.15, 0.2) is 10.2 Å². The van der Waals surface area contributed by atoms with Crippen molar-refractivity contribution >= 4 is 11.9 Å². The average molecular weight is 570 g/mol. The van der Waals surface area contributed by atoms with Crippen LogP contribution in [0.2, 0.25) is 0 Å². The summed E-state index contributed by atoms with van der Waals surface area (Å²) < 4.78 is 4.87. The van der Waals surface area contributed by atoms with Gasteiger partial charge < -0.3 is 20.3 Å². The molecule has 4 aliphatic carbocycles. The number of ether oxygens (including phenoxy) is 1. The number of methoxy groups -OCH3 is 1. The Bertz CT molecular complexity index is 1070. The molecule has 0 saturated heterocycles. The summed E-state index contributed by atoms with van der Waals surface area (Å²) in [6.07, 6.45) is 14.5. The lowest BCUT2D eigenvalue weighted by Gasteiger charge is -2.63. The van der Waals surface area contributed by atoms with Gasteiger partial charge in [-0.3, -0.25) is 9.59 Å². The van der Waals surface area contributed by atoms with E-state index in [1.807, 2.05) is 0 Å². The van der Waals surface area contributed by atoms with Gasteiger partial charge in [-0.25, -0.2) is 0 Å². The second-order valence-corrected chi connectivity index (χ2v) is 14.6. The van der Waals surface area contributed by atoms with Crippen molar-refractivity contribution in [1.82, 2.24) is 5.32 Å². The third-order valence-electron chi connectivity index (χ3n) is 12.7. The number of nitrogens with one attached hydrogen (secondary N) is 1. The molecular formula is C33H51N3O5. The first-order chi connectivity index (χ1) is 19.5. The molecule has 1 heterocycles. The summed E-state index contributed by atoms with van der Waals surface area (Å²) in [5.74, 6) is 4.23. The van der Waals surface area contributed by atoms with E-state index in [0.29, 0.717) is 49.9 Å². The fourth-order valence-corrected chi connectivity index (χ4v) is 10.2. The Kier molecular flexibility index (Phi) is 8.62. The Hall–Kier alpha value is -1.98. The van der Waals surface area contributed by atoms with Crippen LogP contribution in [0.1, 0.15) is 104 Å². The van der Waals surface area contributed by atoms with Gasteiger partial charge in [0.25, 0.3) is 0 Å². The summed E-state index contributed by atoms with van der Waals surface area (Å²) >= 11 is 0. The summed E-state index contributed by atoms with van der Waals surface area (Å²) in [7, 11) is 1.44. The molecule has 1 amide bonds. The Morgan fingerprint density at radius 1 is 1.07 bits per heavy atom. The predicted molar refractivity (Wildman–Crippen MR) is 155 cm³/mol. The van der Waals surface area contributed by atoms with Crippen LogP contribution in [0.5, 0.6) is 0 Å². The molecule has 0 aromatic carbocycles. The molecule has 0 spiro atoms. The van der Waals surface area contributed by atoms with E-state index in [4.69, 9.17) is 11.2 Å². The molecule has 228 valence electrons. The number of carbonyl (C=O) groups excluding carboxylic acids is 2. The largest absolute Gasteiger partial charge is 0.469 e. The van der Waals surface area contributed by atoms with Crippen molar-refractivity contribution < 1.29 is 24.5 Å². The number of fused-ring (bicyclic) bond motifs is 5. The third-order valence-corrected chi connectivity index (χ3v) is 12.7. The minimum Gasteiger partial charge on any atom is -0.469 e. The van der Waals surface area contributed by atoms with Crippen LogP contribution < -0.4 is 5.32 Å². The first-order valence-electron chi connectivity index (χ1n) is 16.1. The minimum atomic E-state index is -0.438. The number of nitrogens with zero attached hydrogens (tertiary/aromatic N) is 2. The fraction of sp³-hybridized carbons (Fsp3) is 0.879. The maximum atomic E-state index is 12.8. The van der Waals surface area contributed by atoms with E-state index in [1.165, 1.54) is 7.11 Å². The van der Waals surface area contributed by atoms with Crippen LogP contribution in [0.4, 0.5) is 0 Å². The molecule has 41 heavy (non-hydrogen) atoms. The maximum Gasteiger partial charge on any atom is 0.305 e. The van der Waals surface area contributed by atoms with E-state index in [9.17, 15) is 19.8 Å². The van der Waals surface area contributed by atoms with Gasteiger partial charge >= 0.3 is 5.97 Å². The predicted octanol–water partition coefficient (Wildman–Crippen LogP) is 5.02. The Morgan fingerprint density at radius 3 is 2.51 bits per heavy atom. The van der Waals surface area contributed by atoms with Crippen LogP contribution in [0.3, 0.4) is 0 Å². The number of aliphatic hydroxyl groups excluding tert-OH is 2. The molecule has 4 fully saturated rings. The summed E-state index contributed by atoms with van der Waals surface area (Å²) in [4.78, 5) is 24.6. The molecule has 5 aliphatic rings. The van der Waals surface area contributed by atoms with Crippen LogP contribution in [0, 0.1) is 58.7 Å². The number of aliphatic hydroxyl groups is 2. The zero-order chi connectivity index (χ0) is 29.6. The van der Waals surface area contributed by atoms with Crippen molar-refractivity contribution in [3.05, 3.63) is 0 Å². The van der Waals surface area contributed by atoms with Crippen molar-refractivity contribution in [2.24, 2.45) is 56.6 Å². The number of amides is 1. The number of rotatable bonds is 10. The fourth-order valence-electron chi connectivity index (χ4n) is 10.2. The molecule has 0 unspecified atom stereocenters. The number of carbonyl (C=O) groups is 2. The highest BCUT2D eigenvalue weighted by Gasteiger charge is 2.65. The van der Waals surface area contributed by atoms with E-state index < -0.39 is 11.8 Å². The van der Waals surface area contributed by atoms with Gasteiger partial charge in [-0.05, 0) is 97.7 Å². The van der Waals surface area contributed by atoms with Crippen LogP contribution in [-0.4, -0.2) is 53.1 Å². The summed E-state index contributed by atoms with van der Waals surface area (Å²) in [6.45, 7) is 6.87. The Balaban J connectivity index is 1.21. The highest BCUT2D eigenvalue weighted by Crippen LogP contribution is 2.68. The van der Waals surface area contributed by atoms with Gasteiger partial charge in [0.1, 0.15) is 0 Å². The smallest absolute Gasteiger partial charge is 0.305 e. The van der Waals surface area contributed by atoms with Crippen molar-refractivity contribution in [2.75, 3.05) is 7.11 Å². The van der Waals surface area contributed by atoms with Gasteiger partial charge in [-0.15, -0.1) is 12.3 Å². The first-order valence-corrected chi connectivity index (χ1v) is 16.1. The zero-order valence-corrected chi connectivity index (χ0v) is 25.5. The van der Waals surface area contributed by atoms with E-state index >= 15 is 0 Å². The average Bonchev–Trinajstić information content (AvgIpc) is 3.63. The van der Waals surface area contributed by atoms with Crippen molar-refractivity contribution in [2.45, 2.75) is 128 Å². The molecule has 1 aliphatic heterocycles. The molecule has 4 saturated carbocycles. The molecule has 3 N–H and O–H groups in total. The topological polar surface area (TPSA) is 121 Å². The summed E-state index contributed by atoms with van der Waals surface area (Å²) in [5.41, 5.74) is -0.636. The van der Waals surface area contributed by atoms with Crippen LogP contribution in [0.25, 0.3) is 0 Å². The van der Waals surface area contributed by atoms with E-state index in [2.05, 4.69) is 42.2 Å². The quantitative estimate of drug-likeness (QED) is 0.252. The van der Waals surface area contributed by atoms with E-state index in [1.54, 1.807) is 0 Å². The van der Waals surface area contributed by atoms with Gasteiger partial charge in [0.05, 0.1) is 19.3 Å². The summed E-state index contributed by atoms with van der Waals surface area (Å²) in [5, 5.41) is 35.1. The normalized spacial score (nSPS) is 42.7. The van der Waals surface area contributed by atoms with Crippen molar-refractivity contribution in [1.29, 1.82) is 0 Å². The molecule has 11 atom stereocenters. The molecule has 5 rings (SSSR count).